The molecule has 0 aliphatic rings. The molecule has 0 saturated carbocycles. The van der Waals surface area contributed by atoms with E-state index in [4.69, 9.17) is 0 Å². The lowest BCUT2D eigenvalue weighted by Crippen LogP contribution is -1.47. The number of allylic oxidation sites excluding steroid dienone is 2. The molecule has 0 spiro atoms. The highest BCUT2D eigenvalue weighted by molar-refractivity contribution is 4.68. The minimum Gasteiger partial charge on any atom is -0.0919 e. The Hall–Kier alpha value is -0.260. The molecule has 14 heavy (non-hydrogen) atoms. The minimum atomic E-state index is 1.32. The van der Waals surface area contributed by atoms with E-state index in [2.05, 4.69) is 13.8 Å². The normalized spacial score (nSPS) is 6.14. The quantitative estimate of drug-likeness (QED) is 0.429. The summed E-state index contributed by atoms with van der Waals surface area (Å²) < 4.78 is 0. The Morgan fingerprint density at radius 2 is 0.714 bits per heavy atom. The lowest BCUT2D eigenvalue weighted by molar-refractivity contribution is 0.886. The molecule has 0 aliphatic heterocycles. The standard InChI is InChI=1S/C4H10.C4H8.3C2H6/c2*1-3-4-2;3*1-2/h3-4H2,1-2H3;3-4H,1-2H3;3*1-2H3/b;4-3+;;;. The molecule has 0 bridgehead atoms. The lowest BCUT2D eigenvalue weighted by atomic mass is 10.4. The smallest absolute Gasteiger partial charge is 0.0470 e. The summed E-state index contributed by atoms with van der Waals surface area (Å²) in [6, 6.07) is 0. The van der Waals surface area contributed by atoms with Crippen molar-refractivity contribution in [3.8, 4) is 0 Å². The third-order valence-electron chi connectivity index (χ3n) is 0.833. The highest BCUT2D eigenvalue weighted by atomic mass is 13.6. The Balaban J connectivity index is -0.0000000255. The van der Waals surface area contributed by atoms with Crippen molar-refractivity contribution in [2.24, 2.45) is 0 Å². The molecule has 0 aromatic rings. The van der Waals surface area contributed by atoms with E-state index in [1.807, 2.05) is 67.5 Å². The van der Waals surface area contributed by atoms with Gasteiger partial charge in [0.2, 0.25) is 0 Å². The van der Waals surface area contributed by atoms with Crippen molar-refractivity contribution < 1.29 is 0 Å². The van der Waals surface area contributed by atoms with Crippen molar-refractivity contribution in [1.29, 1.82) is 0 Å². The van der Waals surface area contributed by atoms with Gasteiger partial charge in [-0.15, -0.1) is 0 Å². The van der Waals surface area contributed by atoms with Crippen LogP contribution in [-0.2, 0) is 0 Å². The molecule has 0 radical (unpaired) electrons. The zero-order chi connectivity index (χ0) is 12.8. The van der Waals surface area contributed by atoms with Crippen LogP contribution in [0.5, 0.6) is 0 Å². The SMILES string of the molecule is C/C=C/C.CC.CC.CC.CCCC. The van der Waals surface area contributed by atoms with E-state index in [1.54, 1.807) is 0 Å². The molecule has 0 heteroatoms. The predicted octanol–water partition coefficient (Wildman–Crippen LogP) is 6.47. The minimum absolute atomic E-state index is 1.32. The van der Waals surface area contributed by atoms with E-state index in [0.717, 1.165) is 0 Å². The first-order chi connectivity index (χ1) is 6.83. The Kier molecular flexibility index (Phi) is 262. The van der Waals surface area contributed by atoms with Crippen LogP contribution < -0.4 is 0 Å². The van der Waals surface area contributed by atoms with Crippen molar-refractivity contribution in [3.05, 3.63) is 12.2 Å². The molecule has 0 N–H and O–H groups in total. The van der Waals surface area contributed by atoms with Gasteiger partial charge < -0.3 is 0 Å². The van der Waals surface area contributed by atoms with Crippen LogP contribution in [0.3, 0.4) is 0 Å². The first-order valence-electron chi connectivity index (χ1n) is 6.40. The fourth-order valence-electron chi connectivity index (χ4n) is 0. The average molecular weight is 204 g/mol. The molecule has 0 saturated heterocycles. The number of rotatable bonds is 1. The van der Waals surface area contributed by atoms with E-state index < -0.39 is 0 Å². The maximum absolute atomic E-state index is 2.18. The van der Waals surface area contributed by atoms with E-state index in [1.165, 1.54) is 12.8 Å². The summed E-state index contributed by atoms with van der Waals surface area (Å²) >= 11 is 0. The first kappa shape index (κ1) is 29.2. The molecular weight excluding hydrogens is 168 g/mol. The summed E-state index contributed by atoms with van der Waals surface area (Å²) in [4.78, 5) is 0. The third kappa shape index (κ3) is 447. The van der Waals surface area contributed by atoms with Crippen molar-refractivity contribution in [1.82, 2.24) is 0 Å². The van der Waals surface area contributed by atoms with E-state index in [-0.39, 0.29) is 0 Å². The van der Waals surface area contributed by atoms with E-state index in [9.17, 15) is 0 Å². The van der Waals surface area contributed by atoms with Crippen molar-refractivity contribution in [2.75, 3.05) is 0 Å². The van der Waals surface area contributed by atoms with Gasteiger partial charge in [0, 0.05) is 0 Å². The molecule has 0 fully saturated rings. The molecular formula is C14H36. The Bertz CT molecular complexity index is 29.3. The van der Waals surface area contributed by atoms with Crippen LogP contribution in [0.1, 0.15) is 82.1 Å². The summed E-state index contributed by atoms with van der Waals surface area (Å²) in [7, 11) is 0. The zero-order valence-electron chi connectivity index (χ0n) is 12.6. The largest absolute Gasteiger partial charge is 0.0919 e. The lowest BCUT2D eigenvalue weighted by Gasteiger charge is -1.68. The highest BCUT2D eigenvalue weighted by Crippen LogP contribution is 1.76. The molecule has 92 valence electrons. The molecule has 0 unspecified atom stereocenters. The summed E-state index contributed by atoms with van der Waals surface area (Å²) in [6.07, 6.45) is 6.64. The van der Waals surface area contributed by atoms with Gasteiger partial charge in [0.05, 0.1) is 0 Å². The number of hydrogen-bond donors (Lipinski definition) is 0. The fourth-order valence-corrected chi connectivity index (χ4v) is 0. The second-order valence-corrected chi connectivity index (χ2v) is 1.67. The van der Waals surface area contributed by atoms with Crippen LogP contribution in [0.25, 0.3) is 0 Å². The third-order valence-corrected chi connectivity index (χ3v) is 0.833. The van der Waals surface area contributed by atoms with Gasteiger partial charge in [-0.3, -0.25) is 0 Å². The van der Waals surface area contributed by atoms with E-state index in [0.29, 0.717) is 0 Å². The topological polar surface area (TPSA) is 0 Å². The number of hydrogen-bond acceptors (Lipinski definition) is 0. The summed E-state index contributed by atoms with van der Waals surface area (Å²) in [5, 5.41) is 0. The van der Waals surface area contributed by atoms with Crippen LogP contribution in [-0.4, -0.2) is 0 Å². The Morgan fingerprint density at radius 1 is 0.571 bits per heavy atom. The van der Waals surface area contributed by atoms with Gasteiger partial charge in [0.25, 0.3) is 0 Å². The molecule has 0 atom stereocenters. The molecule has 0 nitrogen and oxygen atoms in total. The van der Waals surface area contributed by atoms with Crippen molar-refractivity contribution in [2.45, 2.75) is 82.1 Å². The molecule has 0 amide bonds. The fraction of sp³-hybridized carbons (Fsp3) is 0.857. The molecule has 0 aliphatic carbocycles. The van der Waals surface area contributed by atoms with Gasteiger partial charge in [0.15, 0.2) is 0 Å². The molecule has 0 heterocycles. The van der Waals surface area contributed by atoms with Gasteiger partial charge in [-0.1, -0.05) is 80.4 Å². The van der Waals surface area contributed by atoms with Gasteiger partial charge in [-0.05, 0) is 13.8 Å². The van der Waals surface area contributed by atoms with Crippen LogP contribution in [0.15, 0.2) is 12.2 Å². The van der Waals surface area contributed by atoms with Gasteiger partial charge in [0.1, 0.15) is 0 Å². The second-order valence-electron chi connectivity index (χ2n) is 1.67. The van der Waals surface area contributed by atoms with Crippen molar-refractivity contribution in [3.63, 3.8) is 0 Å². The van der Waals surface area contributed by atoms with Crippen LogP contribution in [0.2, 0.25) is 0 Å². The predicted molar refractivity (Wildman–Crippen MR) is 75.1 cm³/mol. The average Bonchev–Trinajstić information content (AvgIpc) is 2.36. The summed E-state index contributed by atoms with van der Waals surface area (Å²) in [5.74, 6) is 0. The van der Waals surface area contributed by atoms with Gasteiger partial charge in [-0.25, -0.2) is 0 Å². The maximum Gasteiger partial charge on any atom is -0.0470 e. The Labute approximate surface area is 94.8 Å². The first-order valence-corrected chi connectivity index (χ1v) is 6.40. The zero-order valence-corrected chi connectivity index (χ0v) is 12.6. The highest BCUT2D eigenvalue weighted by Gasteiger charge is 1.56. The number of unbranched alkanes of at least 4 members (excludes halogenated alkanes) is 1. The summed E-state index contributed by atoms with van der Waals surface area (Å²) in [5.41, 5.74) is 0. The molecule has 0 rings (SSSR count). The van der Waals surface area contributed by atoms with E-state index >= 15 is 0 Å². The Morgan fingerprint density at radius 3 is 0.714 bits per heavy atom. The van der Waals surface area contributed by atoms with Gasteiger partial charge >= 0.3 is 0 Å². The maximum atomic E-state index is 2.18. The molecule has 0 aromatic heterocycles. The van der Waals surface area contributed by atoms with Gasteiger partial charge in [-0.2, -0.15) is 0 Å². The monoisotopic (exact) mass is 204 g/mol. The van der Waals surface area contributed by atoms with Crippen molar-refractivity contribution >= 4 is 0 Å². The molecule has 0 aromatic carbocycles. The summed E-state index contributed by atoms with van der Waals surface area (Å²) in [6.45, 7) is 20.4. The second kappa shape index (κ2) is 126. The van der Waals surface area contributed by atoms with Crippen LogP contribution in [0, 0.1) is 0 Å². The van der Waals surface area contributed by atoms with Crippen LogP contribution >= 0.6 is 0 Å². The van der Waals surface area contributed by atoms with Crippen LogP contribution in [0.4, 0.5) is 0 Å².